The van der Waals surface area contributed by atoms with Crippen LogP contribution in [0.15, 0.2) is 0 Å². The van der Waals surface area contributed by atoms with Gasteiger partial charge in [0.05, 0.1) is 12.6 Å². The van der Waals surface area contributed by atoms with Crippen molar-refractivity contribution >= 4 is 6.09 Å². The van der Waals surface area contributed by atoms with Crippen molar-refractivity contribution in [3.8, 4) is 0 Å². The second-order valence-corrected chi connectivity index (χ2v) is 7.23. The molecule has 0 heterocycles. The number of amides is 1. The zero-order valence-corrected chi connectivity index (χ0v) is 13.9. The monoisotopic (exact) mass is 317 g/mol. The molecule has 2 unspecified atom stereocenters. The average Bonchev–Trinajstić information content (AvgIpc) is 2.44. The number of alkyl carbamates (subject to hydrolysis) is 1. The van der Waals surface area contributed by atoms with Gasteiger partial charge in [0.1, 0.15) is 17.8 Å². The second-order valence-electron chi connectivity index (χ2n) is 7.23. The minimum Gasteiger partial charge on any atom is -0.444 e. The van der Waals surface area contributed by atoms with Gasteiger partial charge < -0.3 is 25.4 Å². The van der Waals surface area contributed by atoms with E-state index in [0.717, 1.165) is 25.7 Å². The van der Waals surface area contributed by atoms with E-state index in [9.17, 15) is 15.0 Å². The summed E-state index contributed by atoms with van der Waals surface area (Å²) in [5.41, 5.74) is -0.625. The number of aliphatic hydroxyl groups is 3. The van der Waals surface area contributed by atoms with Crippen molar-refractivity contribution < 1.29 is 24.9 Å². The van der Waals surface area contributed by atoms with E-state index in [2.05, 4.69) is 5.32 Å². The second kappa shape index (κ2) is 8.70. The zero-order valence-electron chi connectivity index (χ0n) is 13.9. The van der Waals surface area contributed by atoms with E-state index >= 15 is 0 Å². The first-order chi connectivity index (χ1) is 10.2. The van der Waals surface area contributed by atoms with Crippen LogP contribution in [0.2, 0.25) is 0 Å². The molecule has 1 rings (SSSR count). The molecule has 1 saturated carbocycles. The van der Waals surface area contributed by atoms with E-state index in [0.29, 0.717) is 12.3 Å². The lowest BCUT2D eigenvalue weighted by Gasteiger charge is -2.32. The Labute approximate surface area is 132 Å². The molecular formula is C16H31NO5. The number of rotatable bonds is 6. The molecule has 0 spiro atoms. The summed E-state index contributed by atoms with van der Waals surface area (Å²) in [4.78, 5) is 11.9. The Morgan fingerprint density at radius 3 is 2.32 bits per heavy atom. The number of ether oxygens (including phenoxy) is 1. The molecule has 1 aliphatic rings. The minimum atomic E-state index is -1.27. The quantitative estimate of drug-likeness (QED) is 0.596. The van der Waals surface area contributed by atoms with Gasteiger partial charge in [0, 0.05) is 0 Å². The van der Waals surface area contributed by atoms with Gasteiger partial charge in [-0.05, 0) is 33.1 Å². The van der Waals surface area contributed by atoms with Crippen molar-refractivity contribution in [2.75, 3.05) is 6.61 Å². The van der Waals surface area contributed by atoms with Crippen molar-refractivity contribution in [1.29, 1.82) is 0 Å². The molecule has 130 valence electrons. The lowest BCUT2D eigenvalue weighted by Crippen LogP contribution is -2.51. The van der Waals surface area contributed by atoms with Crippen LogP contribution in [0, 0.1) is 5.92 Å². The molecule has 1 amide bonds. The fourth-order valence-electron chi connectivity index (χ4n) is 2.90. The first-order valence-electron chi connectivity index (χ1n) is 8.19. The fourth-order valence-corrected chi connectivity index (χ4v) is 2.90. The van der Waals surface area contributed by atoms with Crippen LogP contribution < -0.4 is 5.32 Å². The Bertz CT molecular complexity index is 336. The molecule has 0 saturated heterocycles. The van der Waals surface area contributed by atoms with Crippen LogP contribution in [-0.4, -0.2) is 51.9 Å². The van der Waals surface area contributed by atoms with E-state index in [1.807, 2.05) is 0 Å². The van der Waals surface area contributed by atoms with Gasteiger partial charge in [-0.2, -0.15) is 0 Å². The Morgan fingerprint density at radius 2 is 1.82 bits per heavy atom. The Balaban J connectivity index is 2.66. The van der Waals surface area contributed by atoms with E-state index in [1.165, 1.54) is 6.42 Å². The van der Waals surface area contributed by atoms with Gasteiger partial charge in [-0.3, -0.25) is 0 Å². The molecule has 0 aromatic carbocycles. The molecule has 4 N–H and O–H groups in total. The van der Waals surface area contributed by atoms with Gasteiger partial charge in [0.25, 0.3) is 0 Å². The first-order valence-corrected chi connectivity index (χ1v) is 8.19. The van der Waals surface area contributed by atoms with Crippen LogP contribution in [0.3, 0.4) is 0 Å². The number of hydrogen-bond donors (Lipinski definition) is 4. The third-order valence-corrected chi connectivity index (χ3v) is 4.01. The lowest BCUT2D eigenvalue weighted by molar-refractivity contribution is -0.0386. The summed E-state index contributed by atoms with van der Waals surface area (Å²) in [6, 6.07) is -0.625. The molecule has 22 heavy (non-hydrogen) atoms. The third kappa shape index (κ3) is 6.94. The molecule has 0 aliphatic heterocycles. The van der Waals surface area contributed by atoms with Gasteiger partial charge in [-0.25, -0.2) is 4.79 Å². The highest BCUT2D eigenvalue weighted by Gasteiger charge is 2.31. The summed E-state index contributed by atoms with van der Waals surface area (Å²) < 4.78 is 5.22. The van der Waals surface area contributed by atoms with E-state index < -0.39 is 36.6 Å². The van der Waals surface area contributed by atoms with Crippen molar-refractivity contribution in [3.05, 3.63) is 0 Å². The van der Waals surface area contributed by atoms with Gasteiger partial charge in [0.2, 0.25) is 0 Å². The van der Waals surface area contributed by atoms with Crippen LogP contribution in [0.25, 0.3) is 0 Å². The predicted octanol–water partition coefficient (Wildman–Crippen LogP) is 1.56. The molecule has 3 atom stereocenters. The van der Waals surface area contributed by atoms with Crippen molar-refractivity contribution in [2.45, 2.75) is 83.1 Å². The highest BCUT2D eigenvalue weighted by Crippen LogP contribution is 2.28. The maximum absolute atomic E-state index is 11.9. The minimum absolute atomic E-state index is 0.411. The summed E-state index contributed by atoms with van der Waals surface area (Å²) in [6.07, 6.45) is 3.15. The predicted molar refractivity (Wildman–Crippen MR) is 83.4 cm³/mol. The van der Waals surface area contributed by atoms with Crippen LogP contribution in [0.4, 0.5) is 4.79 Å². The van der Waals surface area contributed by atoms with Gasteiger partial charge in [0.15, 0.2) is 0 Å². The molecule has 0 aromatic heterocycles. The van der Waals surface area contributed by atoms with Crippen LogP contribution in [-0.2, 0) is 4.74 Å². The molecule has 0 bridgehead atoms. The van der Waals surface area contributed by atoms with Crippen LogP contribution in [0.1, 0.15) is 59.3 Å². The molecular weight excluding hydrogens is 286 g/mol. The topological polar surface area (TPSA) is 99.0 Å². The molecule has 0 aromatic rings. The highest BCUT2D eigenvalue weighted by molar-refractivity contribution is 5.68. The SMILES string of the molecule is CC(C)(C)OC(=O)N[C@@H](CC1CCCCC1)C(O)C(O)CO. The van der Waals surface area contributed by atoms with Gasteiger partial charge >= 0.3 is 6.09 Å². The molecule has 0 radical (unpaired) electrons. The third-order valence-electron chi connectivity index (χ3n) is 4.01. The van der Waals surface area contributed by atoms with Crippen molar-refractivity contribution in [2.24, 2.45) is 5.92 Å². The van der Waals surface area contributed by atoms with Crippen LogP contribution >= 0.6 is 0 Å². The van der Waals surface area contributed by atoms with Gasteiger partial charge in [-0.1, -0.05) is 32.1 Å². The normalized spacial score (nSPS) is 21.0. The van der Waals surface area contributed by atoms with Crippen molar-refractivity contribution in [1.82, 2.24) is 5.32 Å². The van der Waals surface area contributed by atoms with Crippen molar-refractivity contribution in [3.63, 3.8) is 0 Å². The molecule has 6 nitrogen and oxygen atoms in total. The Morgan fingerprint density at radius 1 is 1.23 bits per heavy atom. The average molecular weight is 317 g/mol. The number of hydrogen-bond acceptors (Lipinski definition) is 5. The first kappa shape index (κ1) is 19.2. The lowest BCUT2D eigenvalue weighted by atomic mass is 9.83. The van der Waals surface area contributed by atoms with E-state index in [-0.39, 0.29) is 0 Å². The smallest absolute Gasteiger partial charge is 0.407 e. The van der Waals surface area contributed by atoms with Crippen LogP contribution in [0.5, 0.6) is 0 Å². The standard InChI is InChI=1S/C16H31NO5/c1-16(2,3)22-15(21)17-12(14(20)13(19)10-18)9-11-7-5-4-6-8-11/h11-14,18-20H,4-10H2,1-3H3,(H,17,21)/t12-,13?,14?/m0/s1. The Kier molecular flexibility index (Phi) is 7.59. The van der Waals surface area contributed by atoms with Gasteiger partial charge in [-0.15, -0.1) is 0 Å². The fraction of sp³-hybridized carbons (Fsp3) is 0.938. The number of nitrogens with one attached hydrogen (secondary N) is 1. The summed E-state index contributed by atoms with van der Waals surface area (Å²) in [5.74, 6) is 0.411. The summed E-state index contributed by atoms with van der Waals surface area (Å²) >= 11 is 0. The zero-order chi connectivity index (χ0) is 16.8. The summed E-state index contributed by atoms with van der Waals surface area (Å²) in [5, 5.41) is 31.5. The highest BCUT2D eigenvalue weighted by atomic mass is 16.6. The maximum atomic E-state index is 11.9. The van der Waals surface area contributed by atoms with E-state index in [4.69, 9.17) is 9.84 Å². The summed E-state index contributed by atoms with van der Waals surface area (Å²) in [6.45, 7) is 4.75. The number of carbonyl (C=O) groups excluding carboxylic acids is 1. The number of aliphatic hydroxyl groups excluding tert-OH is 3. The largest absolute Gasteiger partial charge is 0.444 e. The Hall–Kier alpha value is -0.850. The van der Waals surface area contributed by atoms with E-state index in [1.54, 1.807) is 20.8 Å². The molecule has 1 fully saturated rings. The number of carbonyl (C=O) groups is 1. The molecule has 6 heteroatoms. The maximum Gasteiger partial charge on any atom is 0.407 e. The summed E-state index contributed by atoms with van der Waals surface area (Å²) in [7, 11) is 0. The molecule has 1 aliphatic carbocycles.